The molecule has 112 valence electrons. The number of nitrogens with one attached hydrogen (secondary N) is 1. The summed E-state index contributed by atoms with van der Waals surface area (Å²) in [6.45, 7) is 1.93. The van der Waals surface area contributed by atoms with Crippen molar-refractivity contribution >= 4 is 0 Å². The van der Waals surface area contributed by atoms with Gasteiger partial charge >= 0.3 is 6.61 Å². The summed E-state index contributed by atoms with van der Waals surface area (Å²) in [5.41, 5.74) is 2.96. The van der Waals surface area contributed by atoms with Gasteiger partial charge in [0.15, 0.2) is 0 Å². The Balaban J connectivity index is 2.23. The Morgan fingerprint density at radius 3 is 2.29 bits per heavy atom. The van der Waals surface area contributed by atoms with Crippen molar-refractivity contribution in [3.05, 3.63) is 59.4 Å². The van der Waals surface area contributed by atoms with Crippen molar-refractivity contribution in [2.75, 3.05) is 6.54 Å². The zero-order valence-electron chi connectivity index (χ0n) is 12.0. The van der Waals surface area contributed by atoms with Gasteiger partial charge in [-0.1, -0.05) is 25.1 Å². The first-order valence-corrected chi connectivity index (χ1v) is 6.81. The van der Waals surface area contributed by atoms with Gasteiger partial charge in [-0.05, 0) is 42.8 Å². The Bertz CT molecular complexity index is 555. The van der Waals surface area contributed by atoms with E-state index in [1.54, 1.807) is 24.3 Å². The van der Waals surface area contributed by atoms with Crippen LogP contribution in [0.2, 0.25) is 0 Å². The van der Waals surface area contributed by atoms with E-state index in [0.717, 1.165) is 23.4 Å². The number of alkyl halides is 2. The van der Waals surface area contributed by atoms with Gasteiger partial charge in [0.05, 0.1) is 6.04 Å². The van der Waals surface area contributed by atoms with E-state index < -0.39 is 6.61 Å². The van der Waals surface area contributed by atoms with Crippen molar-refractivity contribution in [3.8, 4) is 5.75 Å². The van der Waals surface area contributed by atoms with E-state index in [0.29, 0.717) is 0 Å². The van der Waals surface area contributed by atoms with Gasteiger partial charge in [-0.3, -0.25) is 4.98 Å². The molecule has 1 heterocycles. The van der Waals surface area contributed by atoms with Gasteiger partial charge in [-0.15, -0.1) is 0 Å². The molecule has 0 saturated heterocycles. The molecule has 0 aliphatic carbocycles. The molecular formula is C16H18F2N2O. The number of hydrogen-bond donors (Lipinski definition) is 1. The fourth-order valence-corrected chi connectivity index (χ4v) is 2.12. The van der Waals surface area contributed by atoms with E-state index in [1.165, 1.54) is 0 Å². The minimum Gasteiger partial charge on any atom is -0.435 e. The SMILES string of the molecule is CCNC(c1ccc(OC(F)F)cc1)c1ccc(C)nc1. The van der Waals surface area contributed by atoms with Gasteiger partial charge in [-0.2, -0.15) is 8.78 Å². The second kappa shape index (κ2) is 7.13. The first kappa shape index (κ1) is 15.4. The molecule has 0 spiro atoms. The zero-order valence-corrected chi connectivity index (χ0v) is 12.0. The van der Waals surface area contributed by atoms with Gasteiger partial charge < -0.3 is 10.1 Å². The van der Waals surface area contributed by atoms with Crippen LogP contribution in [-0.2, 0) is 0 Å². The molecule has 3 nitrogen and oxygen atoms in total. The van der Waals surface area contributed by atoms with E-state index in [9.17, 15) is 8.78 Å². The van der Waals surface area contributed by atoms with Gasteiger partial charge in [0, 0.05) is 11.9 Å². The van der Waals surface area contributed by atoms with Crippen molar-refractivity contribution in [1.82, 2.24) is 10.3 Å². The summed E-state index contributed by atoms with van der Waals surface area (Å²) in [6.07, 6.45) is 1.83. The van der Waals surface area contributed by atoms with Crippen molar-refractivity contribution in [2.24, 2.45) is 0 Å². The maximum Gasteiger partial charge on any atom is 0.387 e. The van der Waals surface area contributed by atoms with Crippen molar-refractivity contribution in [2.45, 2.75) is 26.5 Å². The molecule has 1 unspecified atom stereocenters. The number of halogens is 2. The standard InChI is InChI=1S/C16H18F2N2O/c1-3-19-15(13-5-4-11(2)20-10-13)12-6-8-14(9-7-12)21-16(17)18/h4-10,15-16,19H,3H2,1-2H3. The lowest BCUT2D eigenvalue weighted by molar-refractivity contribution is -0.0498. The third kappa shape index (κ3) is 4.23. The van der Waals surface area contributed by atoms with Crippen LogP contribution in [0.4, 0.5) is 8.78 Å². The third-order valence-corrected chi connectivity index (χ3v) is 3.11. The highest BCUT2D eigenvalue weighted by Crippen LogP contribution is 2.24. The van der Waals surface area contributed by atoms with Crippen LogP contribution in [0.1, 0.15) is 29.8 Å². The third-order valence-electron chi connectivity index (χ3n) is 3.11. The minimum absolute atomic E-state index is 0.0244. The molecule has 5 heteroatoms. The lowest BCUT2D eigenvalue weighted by atomic mass is 10.00. The number of hydrogen-bond acceptors (Lipinski definition) is 3. The summed E-state index contributed by atoms with van der Waals surface area (Å²) >= 11 is 0. The Morgan fingerprint density at radius 2 is 1.76 bits per heavy atom. The predicted molar refractivity (Wildman–Crippen MR) is 77.6 cm³/mol. The summed E-state index contributed by atoms with van der Waals surface area (Å²) < 4.78 is 28.7. The van der Waals surface area contributed by atoms with Crippen LogP contribution < -0.4 is 10.1 Å². The quantitative estimate of drug-likeness (QED) is 0.881. The Morgan fingerprint density at radius 1 is 1.10 bits per heavy atom. The Hall–Kier alpha value is -2.01. The number of pyridine rings is 1. The number of benzene rings is 1. The molecule has 0 fully saturated rings. The zero-order chi connectivity index (χ0) is 15.2. The van der Waals surface area contributed by atoms with Crippen LogP contribution in [0.3, 0.4) is 0 Å². The first-order chi connectivity index (χ1) is 10.1. The maximum absolute atomic E-state index is 12.2. The Kier molecular flexibility index (Phi) is 5.22. The highest BCUT2D eigenvalue weighted by molar-refractivity contribution is 5.35. The largest absolute Gasteiger partial charge is 0.435 e. The highest BCUT2D eigenvalue weighted by Gasteiger charge is 2.14. The number of aromatic nitrogens is 1. The first-order valence-electron chi connectivity index (χ1n) is 6.81. The number of nitrogens with zero attached hydrogens (tertiary/aromatic N) is 1. The lowest BCUT2D eigenvalue weighted by Gasteiger charge is -2.19. The fraction of sp³-hybridized carbons (Fsp3) is 0.312. The molecule has 2 aromatic rings. The second-order valence-corrected chi connectivity index (χ2v) is 4.67. The molecular weight excluding hydrogens is 274 g/mol. The molecule has 2 rings (SSSR count). The smallest absolute Gasteiger partial charge is 0.387 e. The molecule has 0 aliphatic heterocycles. The van der Waals surface area contributed by atoms with Crippen LogP contribution in [-0.4, -0.2) is 18.1 Å². The van der Waals surface area contributed by atoms with Crippen LogP contribution in [0.25, 0.3) is 0 Å². The number of ether oxygens (including phenoxy) is 1. The second-order valence-electron chi connectivity index (χ2n) is 4.67. The van der Waals surface area contributed by atoms with Crippen molar-refractivity contribution < 1.29 is 13.5 Å². The van der Waals surface area contributed by atoms with Crippen molar-refractivity contribution in [1.29, 1.82) is 0 Å². The summed E-state index contributed by atoms with van der Waals surface area (Å²) in [5, 5.41) is 3.37. The molecule has 1 N–H and O–H groups in total. The summed E-state index contributed by atoms with van der Waals surface area (Å²) in [5.74, 6) is 0.158. The van der Waals surface area contributed by atoms with Crippen LogP contribution in [0.15, 0.2) is 42.6 Å². The molecule has 21 heavy (non-hydrogen) atoms. The molecule has 1 aromatic heterocycles. The van der Waals surface area contributed by atoms with Crippen molar-refractivity contribution in [3.63, 3.8) is 0 Å². The van der Waals surface area contributed by atoms with Crippen LogP contribution in [0.5, 0.6) is 5.75 Å². The van der Waals surface area contributed by atoms with Gasteiger partial charge in [0.25, 0.3) is 0 Å². The normalized spacial score (nSPS) is 12.4. The summed E-state index contributed by atoms with van der Waals surface area (Å²) in [6, 6.07) is 10.6. The molecule has 1 atom stereocenters. The van der Waals surface area contributed by atoms with Gasteiger partial charge in [-0.25, -0.2) is 0 Å². The van der Waals surface area contributed by atoms with Gasteiger partial charge in [0.1, 0.15) is 5.75 Å². The minimum atomic E-state index is -2.80. The molecule has 0 radical (unpaired) electrons. The van der Waals surface area contributed by atoms with E-state index in [-0.39, 0.29) is 11.8 Å². The molecule has 0 aliphatic rings. The predicted octanol–water partition coefficient (Wildman–Crippen LogP) is 3.69. The maximum atomic E-state index is 12.2. The molecule has 0 amide bonds. The van der Waals surface area contributed by atoms with Crippen LogP contribution >= 0.6 is 0 Å². The molecule has 1 aromatic carbocycles. The fourth-order valence-electron chi connectivity index (χ4n) is 2.12. The average Bonchev–Trinajstić information content (AvgIpc) is 2.46. The lowest BCUT2D eigenvalue weighted by Crippen LogP contribution is -2.22. The van der Waals surface area contributed by atoms with Crippen LogP contribution in [0, 0.1) is 6.92 Å². The Labute approximate surface area is 123 Å². The molecule has 0 saturated carbocycles. The topological polar surface area (TPSA) is 34.1 Å². The van der Waals surface area contributed by atoms with E-state index in [1.807, 2.05) is 32.2 Å². The number of aryl methyl sites for hydroxylation is 1. The summed E-state index contributed by atoms with van der Waals surface area (Å²) in [4.78, 5) is 4.30. The summed E-state index contributed by atoms with van der Waals surface area (Å²) in [7, 11) is 0. The number of rotatable bonds is 6. The molecule has 0 bridgehead atoms. The highest BCUT2D eigenvalue weighted by atomic mass is 19.3. The monoisotopic (exact) mass is 292 g/mol. The van der Waals surface area contributed by atoms with Gasteiger partial charge in [0.2, 0.25) is 0 Å². The van der Waals surface area contributed by atoms with E-state index in [4.69, 9.17) is 0 Å². The van der Waals surface area contributed by atoms with E-state index in [2.05, 4.69) is 15.0 Å². The average molecular weight is 292 g/mol. The van der Waals surface area contributed by atoms with E-state index >= 15 is 0 Å².